The number of rotatable bonds is 2. The summed E-state index contributed by atoms with van der Waals surface area (Å²) in [5.74, 6) is 0.984. The number of fused-ring (bicyclic) bond motifs is 1. The monoisotopic (exact) mass is 292 g/mol. The molecular formula is C16H21ClN2O. The first-order valence-electron chi connectivity index (χ1n) is 6.99. The van der Waals surface area contributed by atoms with E-state index in [4.69, 9.17) is 10.5 Å². The molecule has 1 aromatic carbocycles. The van der Waals surface area contributed by atoms with Gasteiger partial charge in [0.15, 0.2) is 0 Å². The Bertz CT molecular complexity index is 574. The Morgan fingerprint density at radius 1 is 1.15 bits per heavy atom. The average molecular weight is 293 g/mol. The zero-order valence-corrected chi connectivity index (χ0v) is 12.5. The van der Waals surface area contributed by atoms with Gasteiger partial charge in [0.05, 0.1) is 6.10 Å². The standard InChI is InChI=1S/C16H20N2O.ClH/c1-11-9-18-10-12-3-2-4-15(16(11)12)19-14-7-5-13(17)6-8-14;/h2-4,9-10,13-14H,5-8,17H2,1H3;1H/t13-,14-;. The minimum absolute atomic E-state index is 0. The molecule has 1 aliphatic rings. The van der Waals surface area contributed by atoms with Crippen LogP contribution < -0.4 is 10.5 Å². The van der Waals surface area contributed by atoms with Gasteiger partial charge in [-0.15, -0.1) is 12.4 Å². The molecule has 0 amide bonds. The number of pyridine rings is 1. The summed E-state index contributed by atoms with van der Waals surface area (Å²) < 4.78 is 6.21. The van der Waals surface area contributed by atoms with E-state index < -0.39 is 0 Å². The highest BCUT2D eigenvalue weighted by Gasteiger charge is 2.20. The molecule has 4 heteroatoms. The minimum Gasteiger partial charge on any atom is -0.490 e. The second kappa shape index (κ2) is 6.42. The normalized spacial score (nSPS) is 22.3. The van der Waals surface area contributed by atoms with E-state index >= 15 is 0 Å². The van der Waals surface area contributed by atoms with Gasteiger partial charge in [-0.25, -0.2) is 0 Å². The molecule has 2 N–H and O–H groups in total. The summed E-state index contributed by atoms with van der Waals surface area (Å²) in [5, 5.41) is 2.33. The van der Waals surface area contributed by atoms with Crippen LogP contribution in [0.15, 0.2) is 30.6 Å². The zero-order chi connectivity index (χ0) is 13.2. The van der Waals surface area contributed by atoms with E-state index in [0.717, 1.165) is 36.8 Å². The number of nitrogens with two attached hydrogens (primary N) is 1. The third kappa shape index (κ3) is 3.05. The topological polar surface area (TPSA) is 48.1 Å². The average Bonchev–Trinajstić information content (AvgIpc) is 2.42. The quantitative estimate of drug-likeness (QED) is 0.920. The Morgan fingerprint density at radius 2 is 1.90 bits per heavy atom. The number of ether oxygens (including phenoxy) is 1. The molecule has 3 nitrogen and oxygen atoms in total. The first kappa shape index (κ1) is 15.1. The van der Waals surface area contributed by atoms with E-state index in [1.807, 2.05) is 18.5 Å². The van der Waals surface area contributed by atoms with Crippen molar-refractivity contribution in [2.45, 2.75) is 44.8 Å². The van der Waals surface area contributed by atoms with Crippen LogP contribution in [0.25, 0.3) is 10.8 Å². The van der Waals surface area contributed by atoms with Crippen LogP contribution in [0.5, 0.6) is 5.75 Å². The van der Waals surface area contributed by atoms with Gasteiger partial charge < -0.3 is 10.5 Å². The lowest BCUT2D eigenvalue weighted by Gasteiger charge is -2.27. The Hall–Kier alpha value is -1.32. The van der Waals surface area contributed by atoms with Crippen molar-refractivity contribution < 1.29 is 4.74 Å². The molecule has 20 heavy (non-hydrogen) atoms. The van der Waals surface area contributed by atoms with Gasteiger partial charge in [0.2, 0.25) is 0 Å². The molecule has 0 radical (unpaired) electrons. The smallest absolute Gasteiger partial charge is 0.127 e. The van der Waals surface area contributed by atoms with Crippen molar-refractivity contribution in [3.05, 3.63) is 36.2 Å². The summed E-state index contributed by atoms with van der Waals surface area (Å²) in [4.78, 5) is 4.24. The summed E-state index contributed by atoms with van der Waals surface area (Å²) in [7, 11) is 0. The largest absolute Gasteiger partial charge is 0.490 e. The van der Waals surface area contributed by atoms with Crippen molar-refractivity contribution in [3.63, 3.8) is 0 Å². The minimum atomic E-state index is 0. The molecule has 0 bridgehead atoms. The number of aryl methyl sites for hydroxylation is 1. The van der Waals surface area contributed by atoms with Crippen molar-refractivity contribution in [2.75, 3.05) is 0 Å². The molecule has 0 unspecified atom stereocenters. The molecule has 2 aromatic rings. The zero-order valence-electron chi connectivity index (χ0n) is 11.7. The molecule has 108 valence electrons. The second-order valence-corrected chi connectivity index (χ2v) is 5.47. The van der Waals surface area contributed by atoms with Crippen molar-refractivity contribution in [2.24, 2.45) is 5.73 Å². The van der Waals surface area contributed by atoms with E-state index in [0.29, 0.717) is 12.1 Å². The first-order valence-corrected chi connectivity index (χ1v) is 6.99. The Labute approximate surface area is 125 Å². The van der Waals surface area contributed by atoms with Gasteiger partial charge in [-0.2, -0.15) is 0 Å². The summed E-state index contributed by atoms with van der Waals surface area (Å²) in [6.07, 6.45) is 8.34. The number of hydrogen-bond acceptors (Lipinski definition) is 3. The highest BCUT2D eigenvalue weighted by molar-refractivity contribution is 5.90. The molecule has 1 heterocycles. The fraction of sp³-hybridized carbons (Fsp3) is 0.438. The number of hydrogen-bond donors (Lipinski definition) is 1. The number of benzene rings is 1. The molecule has 0 spiro atoms. The number of nitrogens with zero attached hydrogens (tertiary/aromatic N) is 1. The molecule has 0 atom stereocenters. The van der Waals surface area contributed by atoms with E-state index in [2.05, 4.69) is 24.0 Å². The lowest BCUT2D eigenvalue weighted by atomic mass is 9.93. The molecule has 1 saturated carbocycles. The van der Waals surface area contributed by atoms with Crippen LogP contribution in [-0.4, -0.2) is 17.1 Å². The fourth-order valence-electron chi connectivity index (χ4n) is 2.86. The second-order valence-electron chi connectivity index (χ2n) is 5.47. The molecule has 1 fully saturated rings. The van der Waals surface area contributed by atoms with Crippen LogP contribution in [0.4, 0.5) is 0 Å². The fourth-order valence-corrected chi connectivity index (χ4v) is 2.86. The Morgan fingerprint density at radius 3 is 2.65 bits per heavy atom. The Balaban J connectivity index is 0.00000147. The first-order chi connectivity index (χ1) is 9.24. The van der Waals surface area contributed by atoms with Gasteiger partial charge in [0.1, 0.15) is 5.75 Å². The summed E-state index contributed by atoms with van der Waals surface area (Å²) >= 11 is 0. The van der Waals surface area contributed by atoms with Crippen LogP contribution in [0.2, 0.25) is 0 Å². The van der Waals surface area contributed by atoms with E-state index in [-0.39, 0.29) is 12.4 Å². The van der Waals surface area contributed by atoms with Gasteiger partial charge in [-0.05, 0) is 44.2 Å². The number of aromatic nitrogens is 1. The molecule has 1 aromatic heterocycles. The van der Waals surface area contributed by atoms with Gasteiger partial charge >= 0.3 is 0 Å². The van der Waals surface area contributed by atoms with Crippen LogP contribution in [0.1, 0.15) is 31.2 Å². The van der Waals surface area contributed by atoms with Crippen molar-refractivity contribution in [3.8, 4) is 5.75 Å². The van der Waals surface area contributed by atoms with E-state index in [9.17, 15) is 0 Å². The van der Waals surface area contributed by atoms with Crippen molar-refractivity contribution in [1.82, 2.24) is 4.98 Å². The maximum atomic E-state index is 6.21. The SMILES string of the molecule is Cc1cncc2cccc(O[C@H]3CC[C@H](N)CC3)c12.Cl. The third-order valence-corrected chi connectivity index (χ3v) is 3.95. The molecule has 3 rings (SSSR count). The lowest BCUT2D eigenvalue weighted by molar-refractivity contribution is 0.149. The molecule has 1 aliphatic carbocycles. The number of halogens is 1. The van der Waals surface area contributed by atoms with Crippen LogP contribution >= 0.6 is 12.4 Å². The highest BCUT2D eigenvalue weighted by atomic mass is 35.5. The van der Waals surface area contributed by atoms with Gasteiger partial charge in [0.25, 0.3) is 0 Å². The van der Waals surface area contributed by atoms with Crippen molar-refractivity contribution in [1.29, 1.82) is 0 Å². The maximum Gasteiger partial charge on any atom is 0.127 e. The molecule has 0 saturated heterocycles. The summed E-state index contributed by atoms with van der Waals surface area (Å²) in [6, 6.07) is 6.54. The Kier molecular flexibility index (Phi) is 4.84. The predicted octanol–water partition coefficient (Wildman–Crippen LogP) is 3.61. The third-order valence-electron chi connectivity index (χ3n) is 3.95. The van der Waals surface area contributed by atoms with Gasteiger partial charge in [0, 0.05) is 29.2 Å². The molecular weight excluding hydrogens is 272 g/mol. The van der Waals surface area contributed by atoms with Crippen LogP contribution in [0, 0.1) is 6.92 Å². The lowest BCUT2D eigenvalue weighted by Crippen LogP contribution is -2.31. The van der Waals surface area contributed by atoms with Crippen LogP contribution in [0.3, 0.4) is 0 Å². The highest BCUT2D eigenvalue weighted by Crippen LogP contribution is 2.31. The van der Waals surface area contributed by atoms with Crippen molar-refractivity contribution >= 4 is 23.2 Å². The molecule has 0 aliphatic heterocycles. The van der Waals surface area contributed by atoms with Crippen LogP contribution in [-0.2, 0) is 0 Å². The van der Waals surface area contributed by atoms with Gasteiger partial charge in [-0.3, -0.25) is 4.98 Å². The van der Waals surface area contributed by atoms with E-state index in [1.165, 1.54) is 10.9 Å². The van der Waals surface area contributed by atoms with Gasteiger partial charge in [-0.1, -0.05) is 12.1 Å². The van der Waals surface area contributed by atoms with E-state index in [1.54, 1.807) is 0 Å². The predicted molar refractivity (Wildman–Crippen MR) is 84.6 cm³/mol. The summed E-state index contributed by atoms with van der Waals surface area (Å²) in [6.45, 7) is 2.08. The summed E-state index contributed by atoms with van der Waals surface area (Å²) in [5.41, 5.74) is 7.11. The maximum absolute atomic E-state index is 6.21.